The summed E-state index contributed by atoms with van der Waals surface area (Å²) >= 11 is 0. The molecule has 18 heavy (non-hydrogen) atoms. The molecule has 1 fully saturated rings. The number of sulfonamides is 1. The highest BCUT2D eigenvalue weighted by molar-refractivity contribution is 7.89. The fraction of sp³-hybridized carbons (Fsp3) is 1.00. The standard InChI is InChI=1S/C12H26N2O3S/c1-3-14(18(15,16)10-9-17-2)12(11-13)7-5-4-6-8-12/h3-11,13H2,1-2H3. The molecule has 1 aliphatic rings. The van der Waals surface area contributed by atoms with Gasteiger partial charge in [0.25, 0.3) is 0 Å². The van der Waals surface area contributed by atoms with Crippen molar-refractivity contribution in [1.82, 2.24) is 4.31 Å². The van der Waals surface area contributed by atoms with Crippen LogP contribution in [-0.4, -0.2) is 50.8 Å². The Morgan fingerprint density at radius 3 is 2.33 bits per heavy atom. The van der Waals surface area contributed by atoms with Crippen molar-refractivity contribution in [3.05, 3.63) is 0 Å². The van der Waals surface area contributed by atoms with Crippen LogP contribution in [-0.2, 0) is 14.8 Å². The van der Waals surface area contributed by atoms with Crippen molar-refractivity contribution in [2.24, 2.45) is 5.73 Å². The van der Waals surface area contributed by atoms with Gasteiger partial charge in [-0.05, 0) is 12.8 Å². The molecule has 0 saturated heterocycles. The first-order valence-electron chi connectivity index (χ1n) is 6.72. The average molecular weight is 278 g/mol. The van der Waals surface area contributed by atoms with Crippen molar-refractivity contribution in [3.63, 3.8) is 0 Å². The predicted molar refractivity (Wildman–Crippen MR) is 72.9 cm³/mol. The Balaban J connectivity index is 2.91. The van der Waals surface area contributed by atoms with Crippen molar-refractivity contribution in [1.29, 1.82) is 0 Å². The highest BCUT2D eigenvalue weighted by Crippen LogP contribution is 2.34. The van der Waals surface area contributed by atoms with Gasteiger partial charge in [0.15, 0.2) is 0 Å². The van der Waals surface area contributed by atoms with E-state index >= 15 is 0 Å². The van der Waals surface area contributed by atoms with Gasteiger partial charge in [-0.15, -0.1) is 0 Å². The van der Waals surface area contributed by atoms with E-state index in [9.17, 15) is 8.42 Å². The predicted octanol–water partition coefficient (Wildman–Crippen LogP) is 0.946. The molecule has 0 spiro atoms. The summed E-state index contributed by atoms with van der Waals surface area (Å²) < 4.78 is 31.3. The number of methoxy groups -OCH3 is 1. The normalized spacial score (nSPS) is 20.2. The SMILES string of the molecule is CCN(C1(CN)CCCCC1)S(=O)(=O)CCOC. The molecule has 0 aromatic heterocycles. The van der Waals surface area contributed by atoms with Gasteiger partial charge in [-0.25, -0.2) is 8.42 Å². The number of ether oxygens (including phenoxy) is 1. The fourth-order valence-corrected chi connectivity index (χ4v) is 4.73. The lowest BCUT2D eigenvalue weighted by atomic mass is 9.81. The Labute approximate surface area is 111 Å². The molecular weight excluding hydrogens is 252 g/mol. The smallest absolute Gasteiger partial charge is 0.216 e. The molecule has 0 heterocycles. The summed E-state index contributed by atoms with van der Waals surface area (Å²) in [5.41, 5.74) is 5.54. The molecule has 1 saturated carbocycles. The second-order valence-corrected chi connectivity index (χ2v) is 6.98. The molecule has 6 heteroatoms. The van der Waals surface area contributed by atoms with Gasteiger partial charge < -0.3 is 10.5 Å². The van der Waals surface area contributed by atoms with Crippen LogP contribution in [0, 0.1) is 0 Å². The van der Waals surface area contributed by atoms with Crippen LogP contribution < -0.4 is 5.73 Å². The van der Waals surface area contributed by atoms with Crippen molar-refractivity contribution in [2.45, 2.75) is 44.6 Å². The monoisotopic (exact) mass is 278 g/mol. The molecule has 0 radical (unpaired) electrons. The van der Waals surface area contributed by atoms with E-state index in [-0.39, 0.29) is 17.9 Å². The zero-order chi connectivity index (χ0) is 13.6. The molecule has 1 rings (SSSR count). The van der Waals surface area contributed by atoms with Gasteiger partial charge in [-0.2, -0.15) is 4.31 Å². The fourth-order valence-electron chi connectivity index (χ4n) is 2.89. The summed E-state index contributed by atoms with van der Waals surface area (Å²) in [7, 11) is -1.76. The molecule has 0 aromatic rings. The Morgan fingerprint density at radius 1 is 1.28 bits per heavy atom. The van der Waals surface area contributed by atoms with Crippen LogP contribution in [0.1, 0.15) is 39.0 Å². The summed E-state index contributed by atoms with van der Waals surface area (Å²) in [5.74, 6) is 0.0408. The molecule has 0 atom stereocenters. The van der Waals surface area contributed by atoms with E-state index in [1.54, 1.807) is 4.31 Å². The maximum absolute atomic E-state index is 12.4. The van der Waals surface area contributed by atoms with E-state index in [0.29, 0.717) is 13.1 Å². The van der Waals surface area contributed by atoms with Crippen LogP contribution in [0.4, 0.5) is 0 Å². The molecule has 0 aromatic carbocycles. The summed E-state index contributed by atoms with van der Waals surface area (Å²) in [6, 6.07) is 0. The van der Waals surface area contributed by atoms with Gasteiger partial charge in [0.1, 0.15) is 0 Å². The average Bonchev–Trinajstić information content (AvgIpc) is 2.38. The number of hydrogen-bond acceptors (Lipinski definition) is 4. The molecule has 0 amide bonds. The van der Waals surface area contributed by atoms with Crippen molar-refractivity contribution < 1.29 is 13.2 Å². The van der Waals surface area contributed by atoms with E-state index in [0.717, 1.165) is 25.7 Å². The largest absolute Gasteiger partial charge is 0.384 e. The van der Waals surface area contributed by atoms with Gasteiger partial charge in [0, 0.05) is 25.7 Å². The van der Waals surface area contributed by atoms with E-state index in [1.165, 1.54) is 13.5 Å². The second-order valence-electron chi connectivity index (χ2n) is 4.96. The molecule has 0 unspecified atom stereocenters. The van der Waals surface area contributed by atoms with Crippen molar-refractivity contribution in [2.75, 3.05) is 32.6 Å². The lowest BCUT2D eigenvalue weighted by Crippen LogP contribution is -2.57. The van der Waals surface area contributed by atoms with E-state index in [2.05, 4.69) is 0 Å². The second kappa shape index (κ2) is 6.84. The molecule has 2 N–H and O–H groups in total. The zero-order valence-electron chi connectivity index (χ0n) is 11.5. The van der Waals surface area contributed by atoms with Crippen LogP contribution in [0.15, 0.2) is 0 Å². The molecule has 5 nitrogen and oxygen atoms in total. The van der Waals surface area contributed by atoms with Gasteiger partial charge in [0.05, 0.1) is 12.4 Å². The highest BCUT2D eigenvalue weighted by Gasteiger charge is 2.41. The zero-order valence-corrected chi connectivity index (χ0v) is 12.3. The third-order valence-corrected chi connectivity index (χ3v) is 5.86. The quantitative estimate of drug-likeness (QED) is 0.752. The van der Waals surface area contributed by atoms with Crippen LogP contribution in [0.2, 0.25) is 0 Å². The van der Waals surface area contributed by atoms with Gasteiger partial charge in [-0.3, -0.25) is 0 Å². The lowest BCUT2D eigenvalue weighted by molar-refractivity contribution is 0.139. The minimum Gasteiger partial charge on any atom is -0.384 e. The number of hydrogen-bond donors (Lipinski definition) is 1. The van der Waals surface area contributed by atoms with Crippen molar-refractivity contribution >= 4 is 10.0 Å². The van der Waals surface area contributed by atoms with E-state index in [1.807, 2.05) is 6.92 Å². The third kappa shape index (κ3) is 3.44. The first-order valence-corrected chi connectivity index (χ1v) is 8.33. The topological polar surface area (TPSA) is 72.6 Å². The van der Waals surface area contributed by atoms with E-state index < -0.39 is 10.0 Å². The third-order valence-electron chi connectivity index (χ3n) is 3.86. The van der Waals surface area contributed by atoms with Crippen LogP contribution in [0.3, 0.4) is 0 Å². The molecule has 0 aliphatic heterocycles. The van der Waals surface area contributed by atoms with Crippen LogP contribution >= 0.6 is 0 Å². The summed E-state index contributed by atoms with van der Waals surface area (Å²) in [4.78, 5) is 0. The number of rotatable bonds is 7. The summed E-state index contributed by atoms with van der Waals surface area (Å²) in [5, 5.41) is 0. The minimum atomic E-state index is -3.28. The molecule has 108 valence electrons. The maximum Gasteiger partial charge on any atom is 0.216 e. The Bertz CT molecular complexity index is 337. The van der Waals surface area contributed by atoms with Gasteiger partial charge in [0.2, 0.25) is 10.0 Å². The molecule has 1 aliphatic carbocycles. The molecular formula is C12H26N2O3S. The molecule has 0 bridgehead atoms. The summed E-state index contributed by atoms with van der Waals surface area (Å²) in [6.07, 6.45) is 5.06. The highest BCUT2D eigenvalue weighted by atomic mass is 32.2. The van der Waals surface area contributed by atoms with E-state index in [4.69, 9.17) is 10.5 Å². The number of nitrogens with two attached hydrogens (primary N) is 1. The van der Waals surface area contributed by atoms with Gasteiger partial charge in [-0.1, -0.05) is 26.2 Å². The van der Waals surface area contributed by atoms with Gasteiger partial charge >= 0.3 is 0 Å². The van der Waals surface area contributed by atoms with Crippen LogP contribution in [0.5, 0.6) is 0 Å². The Kier molecular flexibility index (Phi) is 6.04. The minimum absolute atomic E-state index is 0.0408. The van der Waals surface area contributed by atoms with Crippen molar-refractivity contribution in [3.8, 4) is 0 Å². The first-order chi connectivity index (χ1) is 8.52. The maximum atomic E-state index is 12.4. The summed E-state index contributed by atoms with van der Waals surface area (Å²) in [6.45, 7) is 3.02. The number of likely N-dealkylation sites (N-methyl/N-ethyl adjacent to an activating group) is 1. The Morgan fingerprint density at radius 2 is 1.89 bits per heavy atom. The van der Waals surface area contributed by atoms with Crippen LogP contribution in [0.25, 0.3) is 0 Å². The first kappa shape index (κ1) is 15.9. The Hall–Kier alpha value is -0.170. The lowest BCUT2D eigenvalue weighted by Gasteiger charge is -2.44. The number of nitrogens with zero attached hydrogens (tertiary/aromatic N) is 1.